The summed E-state index contributed by atoms with van der Waals surface area (Å²) >= 11 is 1.27. The molecule has 0 amide bonds. The fraction of sp³-hybridized carbons (Fsp3) is 0.556. The van der Waals surface area contributed by atoms with Crippen LogP contribution in [0, 0.1) is 0 Å². The SMILES string of the molecule is COCCOCCOCCOc1ccc(C2=N[C@@](C)(C(=O)[O-])CS2)c(O)c1.[K+]. The van der Waals surface area contributed by atoms with E-state index in [2.05, 4.69) is 4.99 Å². The second kappa shape index (κ2) is 13.2. The number of aliphatic imine (C=N–C) groups is 1. The Balaban J connectivity index is 0.00000392. The van der Waals surface area contributed by atoms with Crippen molar-refractivity contribution in [2.24, 2.45) is 4.99 Å². The normalized spacial score (nSPS) is 18.4. The molecule has 0 fully saturated rings. The Morgan fingerprint density at radius 2 is 1.86 bits per heavy atom. The van der Waals surface area contributed by atoms with E-state index in [-0.39, 0.29) is 62.9 Å². The van der Waals surface area contributed by atoms with Crippen LogP contribution in [-0.4, -0.2) is 74.2 Å². The Bertz CT molecular complexity index is 673. The number of hydrogen-bond acceptors (Lipinski definition) is 9. The standard InChI is InChI=1S/C18H25NO7S.K/c1-18(17(21)22)12-27-16(19-18)14-4-3-13(11-15(14)20)26-10-9-25-8-7-24-6-5-23-2;/h3-4,11,20H,5-10,12H2,1-2H3,(H,21,22);/q;+1/p-1/t18-;/m1./s1. The Morgan fingerprint density at radius 3 is 2.43 bits per heavy atom. The van der Waals surface area contributed by atoms with Crippen LogP contribution < -0.4 is 61.2 Å². The van der Waals surface area contributed by atoms with Crippen LogP contribution in [0.1, 0.15) is 12.5 Å². The zero-order valence-electron chi connectivity index (χ0n) is 16.4. The molecule has 8 nitrogen and oxygen atoms in total. The second-order valence-electron chi connectivity index (χ2n) is 6.01. The Labute approximate surface area is 211 Å². The molecule has 0 aromatic heterocycles. The van der Waals surface area contributed by atoms with Gasteiger partial charge >= 0.3 is 51.4 Å². The van der Waals surface area contributed by atoms with Gasteiger partial charge in [0.2, 0.25) is 0 Å². The van der Waals surface area contributed by atoms with Gasteiger partial charge in [-0.3, -0.25) is 4.99 Å². The van der Waals surface area contributed by atoms with E-state index in [1.165, 1.54) is 24.8 Å². The van der Waals surface area contributed by atoms with Gasteiger partial charge in [-0.25, -0.2) is 0 Å². The number of rotatable bonds is 12. The van der Waals surface area contributed by atoms with E-state index >= 15 is 0 Å². The van der Waals surface area contributed by atoms with E-state index in [0.717, 1.165) is 0 Å². The van der Waals surface area contributed by atoms with Crippen molar-refractivity contribution in [3.63, 3.8) is 0 Å². The number of thioether (sulfide) groups is 1. The van der Waals surface area contributed by atoms with Crippen LogP contribution in [-0.2, 0) is 19.0 Å². The molecule has 0 aliphatic carbocycles. The molecule has 0 radical (unpaired) electrons. The molecule has 1 aromatic carbocycles. The quantitative estimate of drug-likeness (QED) is 0.281. The van der Waals surface area contributed by atoms with Crippen molar-refractivity contribution in [2.45, 2.75) is 12.5 Å². The minimum absolute atomic E-state index is 0. The summed E-state index contributed by atoms with van der Waals surface area (Å²) in [4.78, 5) is 15.3. The molecule has 10 heteroatoms. The summed E-state index contributed by atoms with van der Waals surface area (Å²) in [6.45, 7) is 4.26. The largest absolute Gasteiger partial charge is 1.00 e. The molecule has 1 heterocycles. The molecule has 1 aliphatic rings. The van der Waals surface area contributed by atoms with E-state index < -0.39 is 11.5 Å². The topological polar surface area (TPSA) is 110 Å². The zero-order valence-corrected chi connectivity index (χ0v) is 20.4. The van der Waals surface area contributed by atoms with Gasteiger partial charge in [0, 0.05) is 24.5 Å². The van der Waals surface area contributed by atoms with E-state index in [1.807, 2.05) is 0 Å². The van der Waals surface area contributed by atoms with Gasteiger partial charge in [0.25, 0.3) is 0 Å². The number of carboxylic acid groups (broad SMARTS) is 1. The van der Waals surface area contributed by atoms with E-state index in [1.54, 1.807) is 19.2 Å². The molecule has 1 atom stereocenters. The predicted molar refractivity (Wildman–Crippen MR) is 99.5 cm³/mol. The zero-order chi connectivity index (χ0) is 19.7. The molecule has 0 saturated heterocycles. The van der Waals surface area contributed by atoms with Crippen molar-refractivity contribution >= 4 is 22.8 Å². The second-order valence-corrected chi connectivity index (χ2v) is 6.98. The van der Waals surface area contributed by atoms with Crippen molar-refractivity contribution in [3.05, 3.63) is 23.8 Å². The number of hydrogen-bond donors (Lipinski definition) is 1. The summed E-state index contributed by atoms with van der Waals surface area (Å²) < 4.78 is 21.0. The number of carbonyl (C=O) groups excluding carboxylic acids is 1. The summed E-state index contributed by atoms with van der Waals surface area (Å²) in [5.41, 5.74) is -0.798. The average molecular weight is 438 g/mol. The minimum atomic E-state index is -1.27. The van der Waals surface area contributed by atoms with Crippen molar-refractivity contribution in [1.29, 1.82) is 0 Å². The van der Waals surface area contributed by atoms with Crippen LogP contribution >= 0.6 is 11.8 Å². The Hall–Kier alpha value is -0.174. The number of aromatic hydroxyl groups is 1. The molecule has 0 spiro atoms. The number of carbonyl (C=O) groups is 1. The average Bonchev–Trinajstić information content (AvgIpc) is 3.04. The molecule has 28 heavy (non-hydrogen) atoms. The number of ether oxygens (including phenoxy) is 4. The van der Waals surface area contributed by atoms with Crippen LogP contribution in [0.3, 0.4) is 0 Å². The van der Waals surface area contributed by atoms with Crippen LogP contribution in [0.4, 0.5) is 0 Å². The summed E-state index contributed by atoms with van der Waals surface area (Å²) in [6, 6.07) is 4.82. The Kier molecular flexibility index (Phi) is 12.2. The molecule has 1 aromatic rings. The van der Waals surface area contributed by atoms with Gasteiger partial charge in [0.1, 0.15) is 28.7 Å². The maximum Gasteiger partial charge on any atom is 1.00 e. The number of aliphatic carboxylic acids is 1. The number of phenolic OH excluding ortho intramolecular Hbond substituents is 1. The first kappa shape index (κ1) is 25.9. The molecule has 0 saturated carbocycles. The molecule has 0 unspecified atom stereocenters. The predicted octanol–water partition coefficient (Wildman–Crippen LogP) is -2.54. The van der Waals surface area contributed by atoms with Crippen molar-refractivity contribution < 1.29 is 85.3 Å². The smallest absolute Gasteiger partial charge is 0.547 e. The van der Waals surface area contributed by atoms with Crippen molar-refractivity contribution in [3.8, 4) is 11.5 Å². The minimum Gasteiger partial charge on any atom is -0.547 e. The third-order valence-electron chi connectivity index (χ3n) is 3.78. The van der Waals surface area contributed by atoms with Gasteiger partial charge in [-0.05, 0) is 19.1 Å². The van der Waals surface area contributed by atoms with Gasteiger partial charge in [-0.15, -0.1) is 11.8 Å². The number of carboxylic acids is 1. The van der Waals surface area contributed by atoms with E-state index in [4.69, 9.17) is 18.9 Å². The molecular weight excluding hydrogens is 413 g/mol. The van der Waals surface area contributed by atoms with Crippen LogP contribution in [0.5, 0.6) is 11.5 Å². The first-order valence-corrected chi connectivity index (χ1v) is 9.49. The number of benzene rings is 1. The summed E-state index contributed by atoms with van der Waals surface area (Å²) in [5, 5.41) is 21.8. The van der Waals surface area contributed by atoms with E-state index in [9.17, 15) is 15.0 Å². The van der Waals surface area contributed by atoms with Crippen molar-refractivity contribution in [2.75, 3.05) is 52.5 Å². The summed E-state index contributed by atoms with van der Waals surface area (Å²) in [6.07, 6.45) is 0. The molecule has 2 rings (SSSR count). The van der Waals surface area contributed by atoms with Gasteiger partial charge in [-0.1, -0.05) is 0 Å². The van der Waals surface area contributed by atoms with E-state index in [0.29, 0.717) is 56.0 Å². The number of phenols is 1. The van der Waals surface area contributed by atoms with Crippen LogP contribution in [0.25, 0.3) is 0 Å². The summed E-state index contributed by atoms with van der Waals surface area (Å²) in [7, 11) is 1.62. The van der Waals surface area contributed by atoms with Gasteiger partial charge < -0.3 is 34.0 Å². The van der Waals surface area contributed by atoms with Gasteiger partial charge in [0.15, 0.2) is 0 Å². The molecule has 1 aliphatic heterocycles. The van der Waals surface area contributed by atoms with Gasteiger partial charge in [0.05, 0.1) is 39.0 Å². The van der Waals surface area contributed by atoms with Crippen LogP contribution in [0.15, 0.2) is 23.2 Å². The van der Waals surface area contributed by atoms with Crippen LogP contribution in [0.2, 0.25) is 0 Å². The first-order chi connectivity index (χ1) is 13.0. The first-order valence-electron chi connectivity index (χ1n) is 8.51. The fourth-order valence-electron chi connectivity index (χ4n) is 2.20. The number of nitrogens with zero attached hydrogens (tertiary/aromatic N) is 1. The molecule has 0 bridgehead atoms. The summed E-state index contributed by atoms with van der Waals surface area (Å²) in [5.74, 6) is -0.487. The molecule has 1 N–H and O–H groups in total. The maximum atomic E-state index is 11.2. The fourth-order valence-corrected chi connectivity index (χ4v) is 3.40. The molecule has 150 valence electrons. The Morgan fingerprint density at radius 1 is 1.21 bits per heavy atom. The molecular formula is C18H24KNO7S. The number of methoxy groups -OCH3 is 1. The third kappa shape index (κ3) is 7.92. The maximum absolute atomic E-state index is 11.2. The third-order valence-corrected chi connectivity index (χ3v) is 5.07. The van der Waals surface area contributed by atoms with Gasteiger partial charge in [-0.2, -0.15) is 0 Å². The monoisotopic (exact) mass is 437 g/mol. The van der Waals surface area contributed by atoms with Crippen molar-refractivity contribution in [1.82, 2.24) is 0 Å².